The van der Waals surface area contributed by atoms with Crippen LogP contribution < -0.4 is 14.5 Å². The molecule has 23 heavy (non-hydrogen) atoms. The zero-order valence-electron chi connectivity index (χ0n) is 12.4. The predicted molar refractivity (Wildman–Crippen MR) is 89.2 cm³/mol. The molecule has 1 fully saturated rings. The fourth-order valence-corrected chi connectivity index (χ4v) is 3.72. The monoisotopic (exact) mass is 352 g/mol. The number of nitriles is 1. The van der Waals surface area contributed by atoms with E-state index in [2.05, 4.69) is 20.2 Å². The lowest BCUT2D eigenvalue weighted by Gasteiger charge is -2.37. The van der Waals surface area contributed by atoms with Crippen LogP contribution in [0.1, 0.15) is 5.56 Å². The molecule has 0 saturated carbocycles. The Kier molecular flexibility index (Phi) is 4.55. The number of nitrogens with zero attached hydrogens (tertiary/aromatic N) is 4. The van der Waals surface area contributed by atoms with Crippen molar-refractivity contribution in [2.45, 2.75) is 0 Å². The number of benzene rings is 1. The van der Waals surface area contributed by atoms with Crippen LogP contribution in [0.4, 0.5) is 15.1 Å². The van der Waals surface area contributed by atoms with Gasteiger partial charge in [-0.15, -0.1) is 0 Å². The largest absolute Gasteiger partial charge is 0.494 e. The predicted octanol–water partition coefficient (Wildman–Crippen LogP) is 3.14. The molecule has 3 rings (SSSR count). The second kappa shape index (κ2) is 6.60. The Bertz CT molecular complexity index is 752. The van der Waals surface area contributed by atoms with Crippen LogP contribution in [0.2, 0.25) is 5.15 Å². The van der Waals surface area contributed by atoms with E-state index >= 15 is 0 Å². The minimum Gasteiger partial charge on any atom is -0.494 e. The highest BCUT2D eigenvalue weighted by atomic mass is 35.5. The van der Waals surface area contributed by atoms with Crippen molar-refractivity contribution in [2.24, 2.45) is 0 Å². The summed E-state index contributed by atoms with van der Waals surface area (Å²) in [7, 11) is 1.53. The maximum Gasteiger partial charge on any atom is 0.162 e. The van der Waals surface area contributed by atoms with Gasteiger partial charge in [-0.25, -0.2) is 4.39 Å². The lowest BCUT2D eigenvalue weighted by Crippen LogP contribution is -2.46. The minimum absolute atomic E-state index is 0.259. The van der Waals surface area contributed by atoms with Gasteiger partial charge in [0.15, 0.2) is 5.15 Å². The number of piperazine rings is 1. The normalized spacial score (nSPS) is 14.7. The highest BCUT2D eigenvalue weighted by Gasteiger charge is 2.24. The van der Waals surface area contributed by atoms with Gasteiger partial charge in [-0.3, -0.25) is 0 Å². The summed E-state index contributed by atoms with van der Waals surface area (Å²) in [5.41, 5.74) is 1.31. The molecular weight excluding hydrogens is 339 g/mol. The van der Waals surface area contributed by atoms with Gasteiger partial charge in [0.05, 0.1) is 12.8 Å². The van der Waals surface area contributed by atoms with Crippen LogP contribution in [0.5, 0.6) is 5.75 Å². The number of aromatic nitrogens is 1. The molecule has 1 saturated heterocycles. The molecule has 1 aromatic heterocycles. The molecule has 0 N–H and O–H groups in total. The Hall–Kier alpha value is -2.04. The van der Waals surface area contributed by atoms with Gasteiger partial charge in [0, 0.05) is 32.2 Å². The SMILES string of the molecule is COc1cc(F)ccc1N1CCN(c2snc(Cl)c2C#N)CC1. The van der Waals surface area contributed by atoms with E-state index in [4.69, 9.17) is 16.3 Å². The summed E-state index contributed by atoms with van der Waals surface area (Å²) in [6, 6.07) is 6.66. The van der Waals surface area contributed by atoms with E-state index in [0.29, 0.717) is 11.3 Å². The molecule has 0 spiro atoms. The van der Waals surface area contributed by atoms with E-state index in [-0.39, 0.29) is 11.0 Å². The van der Waals surface area contributed by atoms with Crippen LogP contribution in [0.3, 0.4) is 0 Å². The van der Waals surface area contributed by atoms with Gasteiger partial charge in [0.25, 0.3) is 0 Å². The molecule has 8 heteroatoms. The standard InChI is InChI=1S/C15H14ClFN4OS/c1-22-13-8-10(17)2-3-12(13)20-4-6-21(7-5-20)15-11(9-18)14(16)19-23-15/h2-3,8H,4-7H2,1H3. The first kappa shape index (κ1) is 15.8. The number of hydrogen-bond acceptors (Lipinski definition) is 6. The third-order valence-electron chi connectivity index (χ3n) is 3.79. The van der Waals surface area contributed by atoms with E-state index in [1.165, 1.54) is 30.8 Å². The minimum atomic E-state index is -0.317. The van der Waals surface area contributed by atoms with Crippen molar-refractivity contribution in [1.29, 1.82) is 5.26 Å². The molecule has 0 atom stereocenters. The first-order valence-corrected chi connectivity index (χ1v) is 8.18. The molecular formula is C15H14ClFN4OS. The molecule has 2 heterocycles. The lowest BCUT2D eigenvalue weighted by molar-refractivity contribution is 0.410. The van der Waals surface area contributed by atoms with Gasteiger partial charge < -0.3 is 14.5 Å². The fourth-order valence-electron chi connectivity index (χ4n) is 2.64. The first-order chi connectivity index (χ1) is 11.1. The zero-order chi connectivity index (χ0) is 16.4. The maximum absolute atomic E-state index is 13.3. The van der Waals surface area contributed by atoms with Crippen LogP contribution in [-0.2, 0) is 0 Å². The van der Waals surface area contributed by atoms with E-state index in [1.807, 2.05) is 0 Å². The van der Waals surface area contributed by atoms with Gasteiger partial charge in [-0.05, 0) is 23.7 Å². The van der Waals surface area contributed by atoms with Crippen molar-refractivity contribution in [3.8, 4) is 11.8 Å². The van der Waals surface area contributed by atoms with Crippen LogP contribution >= 0.6 is 23.1 Å². The molecule has 0 unspecified atom stereocenters. The van der Waals surface area contributed by atoms with Gasteiger partial charge >= 0.3 is 0 Å². The van der Waals surface area contributed by atoms with Crippen molar-refractivity contribution in [1.82, 2.24) is 4.37 Å². The molecule has 1 aliphatic heterocycles. The Morgan fingerprint density at radius 3 is 2.65 bits per heavy atom. The van der Waals surface area contributed by atoms with E-state index < -0.39 is 0 Å². The topological polar surface area (TPSA) is 52.4 Å². The van der Waals surface area contributed by atoms with E-state index in [9.17, 15) is 9.65 Å². The summed E-state index contributed by atoms with van der Waals surface area (Å²) >= 11 is 7.17. The quantitative estimate of drug-likeness (QED) is 0.849. The number of anilines is 2. The lowest BCUT2D eigenvalue weighted by atomic mass is 10.2. The smallest absolute Gasteiger partial charge is 0.162 e. The summed E-state index contributed by atoms with van der Waals surface area (Å²) < 4.78 is 22.6. The molecule has 120 valence electrons. The van der Waals surface area contributed by atoms with Gasteiger partial charge in [0.1, 0.15) is 28.2 Å². The number of rotatable bonds is 3. The van der Waals surface area contributed by atoms with Gasteiger partial charge in [-0.2, -0.15) is 9.64 Å². The molecule has 1 aliphatic rings. The summed E-state index contributed by atoms with van der Waals surface area (Å²) in [6.07, 6.45) is 0. The molecule has 0 amide bonds. The van der Waals surface area contributed by atoms with Crippen LogP contribution in [0.15, 0.2) is 18.2 Å². The third kappa shape index (κ3) is 3.05. The average Bonchev–Trinajstić information content (AvgIpc) is 2.95. The van der Waals surface area contributed by atoms with E-state index in [1.54, 1.807) is 6.07 Å². The molecule has 0 radical (unpaired) electrons. The molecule has 0 aliphatic carbocycles. The summed E-state index contributed by atoms with van der Waals surface area (Å²) in [5, 5.41) is 10.3. The van der Waals surface area contributed by atoms with Crippen molar-refractivity contribution in [2.75, 3.05) is 43.1 Å². The molecule has 0 bridgehead atoms. The summed E-state index contributed by atoms with van der Waals surface area (Å²) in [6.45, 7) is 2.94. The number of hydrogen-bond donors (Lipinski definition) is 0. The third-order valence-corrected chi connectivity index (χ3v) is 5.08. The Labute approximate surface area is 142 Å². The summed E-state index contributed by atoms with van der Waals surface area (Å²) in [5.74, 6) is 0.208. The molecule has 5 nitrogen and oxygen atoms in total. The second-order valence-corrected chi connectivity index (χ2v) is 6.17. The van der Waals surface area contributed by atoms with Crippen molar-refractivity contribution in [3.63, 3.8) is 0 Å². The number of methoxy groups -OCH3 is 1. The Morgan fingerprint density at radius 1 is 1.30 bits per heavy atom. The van der Waals surface area contributed by atoms with Crippen molar-refractivity contribution >= 4 is 33.8 Å². The Morgan fingerprint density at radius 2 is 2.00 bits per heavy atom. The van der Waals surface area contributed by atoms with Crippen LogP contribution in [0, 0.1) is 17.1 Å². The highest BCUT2D eigenvalue weighted by Crippen LogP contribution is 2.34. The zero-order valence-corrected chi connectivity index (χ0v) is 14.0. The van der Waals surface area contributed by atoms with E-state index in [0.717, 1.165) is 36.9 Å². The van der Waals surface area contributed by atoms with Crippen LogP contribution in [0.25, 0.3) is 0 Å². The molecule has 1 aromatic carbocycles. The number of ether oxygens (including phenoxy) is 1. The highest BCUT2D eigenvalue weighted by molar-refractivity contribution is 7.10. The Balaban J connectivity index is 1.75. The first-order valence-electron chi connectivity index (χ1n) is 7.02. The average molecular weight is 353 g/mol. The second-order valence-electron chi connectivity index (χ2n) is 5.06. The maximum atomic E-state index is 13.3. The van der Waals surface area contributed by atoms with Gasteiger partial charge in [-0.1, -0.05) is 11.6 Å². The number of halogens is 2. The molecule has 2 aromatic rings. The van der Waals surface area contributed by atoms with Crippen LogP contribution in [-0.4, -0.2) is 37.7 Å². The van der Waals surface area contributed by atoms with Crippen molar-refractivity contribution < 1.29 is 9.13 Å². The van der Waals surface area contributed by atoms with Gasteiger partial charge in [0.2, 0.25) is 0 Å². The van der Waals surface area contributed by atoms with Crippen molar-refractivity contribution in [3.05, 3.63) is 34.7 Å². The summed E-state index contributed by atoms with van der Waals surface area (Å²) in [4.78, 5) is 4.25. The fraction of sp³-hybridized carbons (Fsp3) is 0.333.